The van der Waals surface area contributed by atoms with Crippen LogP contribution in [0.2, 0.25) is 0 Å². The molecule has 0 saturated heterocycles. The van der Waals surface area contributed by atoms with Gasteiger partial charge in [-0.1, -0.05) is 6.07 Å². The van der Waals surface area contributed by atoms with E-state index in [-0.39, 0.29) is 11.1 Å². The quantitative estimate of drug-likeness (QED) is 0.752. The lowest BCUT2D eigenvalue weighted by Gasteiger charge is -1.97. The second kappa shape index (κ2) is 4.38. The summed E-state index contributed by atoms with van der Waals surface area (Å²) in [7, 11) is 0. The van der Waals surface area contributed by atoms with E-state index in [0.29, 0.717) is 5.56 Å². The highest BCUT2D eigenvalue weighted by Crippen LogP contribution is 2.12. The molecule has 1 aromatic rings. The maximum absolute atomic E-state index is 12.9. The van der Waals surface area contributed by atoms with E-state index in [0.717, 1.165) is 6.07 Å². The number of carboxylic acids is 1. The Labute approximate surface area is 86.1 Å². The van der Waals surface area contributed by atoms with Crippen LogP contribution in [0.15, 0.2) is 23.8 Å². The molecule has 4 heteroatoms. The first kappa shape index (κ1) is 10.9. The van der Waals surface area contributed by atoms with Crippen molar-refractivity contribution in [1.82, 2.24) is 0 Å². The molecule has 0 aliphatic rings. The molecule has 0 aliphatic carbocycles. The molecule has 3 nitrogen and oxygen atoms in total. The van der Waals surface area contributed by atoms with Crippen LogP contribution >= 0.6 is 0 Å². The summed E-state index contributed by atoms with van der Waals surface area (Å²) in [5.41, 5.74) is 0.528. The first-order valence-electron chi connectivity index (χ1n) is 4.16. The molecule has 0 amide bonds. The maximum Gasteiger partial charge on any atom is 0.331 e. The van der Waals surface area contributed by atoms with Gasteiger partial charge >= 0.3 is 5.97 Å². The number of benzene rings is 1. The first-order chi connectivity index (χ1) is 7.04. The van der Waals surface area contributed by atoms with Crippen LogP contribution in [0.1, 0.15) is 18.1 Å². The Morgan fingerprint density at radius 1 is 1.60 bits per heavy atom. The predicted octanol–water partition coefficient (Wildman–Crippen LogP) is 2.19. The smallest absolute Gasteiger partial charge is 0.331 e. The standard InChI is InChI=1S/C11H8FNO2/c1-7(11(14)15)4-8-2-3-10(12)9(5-8)6-13/h2-5H,1H3,(H,14,15)/b7-4-. The fourth-order valence-electron chi connectivity index (χ4n) is 1.03. The van der Waals surface area contributed by atoms with Gasteiger partial charge in [-0.3, -0.25) is 0 Å². The van der Waals surface area contributed by atoms with Gasteiger partial charge in [0.25, 0.3) is 0 Å². The van der Waals surface area contributed by atoms with Crippen LogP contribution in [0.4, 0.5) is 4.39 Å². The topological polar surface area (TPSA) is 61.1 Å². The van der Waals surface area contributed by atoms with E-state index in [4.69, 9.17) is 10.4 Å². The normalized spacial score (nSPS) is 10.9. The largest absolute Gasteiger partial charge is 0.478 e. The van der Waals surface area contributed by atoms with E-state index < -0.39 is 11.8 Å². The fraction of sp³-hybridized carbons (Fsp3) is 0.0909. The summed E-state index contributed by atoms with van der Waals surface area (Å²) in [6.07, 6.45) is 1.38. The van der Waals surface area contributed by atoms with Gasteiger partial charge < -0.3 is 5.11 Å². The Morgan fingerprint density at radius 2 is 2.27 bits per heavy atom. The summed E-state index contributed by atoms with van der Waals surface area (Å²) in [6, 6.07) is 5.55. The van der Waals surface area contributed by atoms with E-state index in [9.17, 15) is 9.18 Å². The van der Waals surface area contributed by atoms with Crippen molar-refractivity contribution >= 4 is 12.0 Å². The number of nitrogens with zero attached hydrogens (tertiary/aromatic N) is 1. The summed E-state index contributed by atoms with van der Waals surface area (Å²) in [4.78, 5) is 10.5. The SMILES string of the molecule is C/C(=C/c1ccc(F)c(C#N)c1)C(=O)O. The lowest BCUT2D eigenvalue weighted by atomic mass is 10.1. The van der Waals surface area contributed by atoms with Crippen molar-refractivity contribution < 1.29 is 14.3 Å². The van der Waals surface area contributed by atoms with Gasteiger partial charge in [0.15, 0.2) is 0 Å². The molecule has 0 fully saturated rings. The molecule has 0 aromatic heterocycles. The summed E-state index contributed by atoms with van der Waals surface area (Å²) in [5.74, 6) is -1.65. The lowest BCUT2D eigenvalue weighted by Crippen LogP contribution is -1.95. The van der Waals surface area contributed by atoms with Gasteiger partial charge in [0.2, 0.25) is 0 Å². The van der Waals surface area contributed by atoms with Gasteiger partial charge in [0.05, 0.1) is 5.56 Å². The van der Waals surface area contributed by atoms with Gasteiger partial charge in [-0.05, 0) is 30.7 Å². The monoisotopic (exact) mass is 205 g/mol. The second-order valence-corrected chi connectivity index (χ2v) is 2.98. The van der Waals surface area contributed by atoms with Crippen molar-refractivity contribution in [2.75, 3.05) is 0 Å². The molecule has 0 saturated carbocycles. The summed E-state index contributed by atoms with van der Waals surface area (Å²) in [6.45, 7) is 1.43. The molecule has 1 rings (SSSR count). The van der Waals surface area contributed by atoms with E-state index in [1.807, 2.05) is 0 Å². The molecule has 1 aromatic carbocycles. The maximum atomic E-state index is 12.9. The van der Waals surface area contributed by atoms with Crippen molar-refractivity contribution in [1.29, 1.82) is 5.26 Å². The molecule has 76 valence electrons. The van der Waals surface area contributed by atoms with Crippen LogP contribution in [0.25, 0.3) is 6.08 Å². The highest BCUT2D eigenvalue weighted by atomic mass is 19.1. The highest BCUT2D eigenvalue weighted by Gasteiger charge is 2.03. The Balaban J connectivity index is 3.14. The predicted molar refractivity (Wildman–Crippen MR) is 52.4 cm³/mol. The van der Waals surface area contributed by atoms with Crippen LogP contribution < -0.4 is 0 Å². The third kappa shape index (κ3) is 2.64. The highest BCUT2D eigenvalue weighted by molar-refractivity contribution is 5.91. The molecular formula is C11H8FNO2. The number of nitriles is 1. The van der Waals surface area contributed by atoms with E-state index in [1.165, 1.54) is 25.1 Å². The second-order valence-electron chi connectivity index (χ2n) is 2.98. The molecular weight excluding hydrogens is 197 g/mol. The molecule has 0 bridgehead atoms. The third-order valence-corrected chi connectivity index (χ3v) is 1.83. The molecule has 0 aliphatic heterocycles. The van der Waals surface area contributed by atoms with Crippen molar-refractivity contribution in [2.24, 2.45) is 0 Å². The van der Waals surface area contributed by atoms with Crippen molar-refractivity contribution in [3.63, 3.8) is 0 Å². The van der Waals surface area contributed by atoms with Gasteiger partial charge in [-0.25, -0.2) is 9.18 Å². The average molecular weight is 205 g/mol. The summed E-state index contributed by atoms with van der Waals surface area (Å²) < 4.78 is 12.9. The number of carboxylic acid groups (broad SMARTS) is 1. The Bertz CT molecular complexity index is 472. The third-order valence-electron chi connectivity index (χ3n) is 1.83. The first-order valence-corrected chi connectivity index (χ1v) is 4.16. The lowest BCUT2D eigenvalue weighted by molar-refractivity contribution is -0.132. The molecule has 1 N–H and O–H groups in total. The zero-order chi connectivity index (χ0) is 11.4. The average Bonchev–Trinajstić information content (AvgIpc) is 2.20. The minimum absolute atomic E-state index is 0.0954. The van der Waals surface area contributed by atoms with Crippen LogP contribution in [0.5, 0.6) is 0 Å². The van der Waals surface area contributed by atoms with Crippen LogP contribution in [0.3, 0.4) is 0 Å². The zero-order valence-corrected chi connectivity index (χ0v) is 7.99. The zero-order valence-electron chi connectivity index (χ0n) is 7.99. The van der Waals surface area contributed by atoms with E-state index >= 15 is 0 Å². The van der Waals surface area contributed by atoms with Crippen molar-refractivity contribution in [3.05, 3.63) is 40.7 Å². The molecule has 0 spiro atoms. The molecule has 0 atom stereocenters. The molecule has 15 heavy (non-hydrogen) atoms. The minimum Gasteiger partial charge on any atom is -0.478 e. The number of carbonyl (C=O) groups is 1. The summed E-state index contributed by atoms with van der Waals surface area (Å²) in [5, 5.41) is 17.2. The van der Waals surface area contributed by atoms with Gasteiger partial charge in [0, 0.05) is 5.57 Å². The van der Waals surface area contributed by atoms with Crippen molar-refractivity contribution in [3.8, 4) is 6.07 Å². The number of aliphatic carboxylic acids is 1. The van der Waals surface area contributed by atoms with Crippen LogP contribution in [0, 0.1) is 17.1 Å². The number of hydrogen-bond donors (Lipinski definition) is 1. The van der Waals surface area contributed by atoms with Crippen molar-refractivity contribution in [2.45, 2.75) is 6.92 Å². The van der Waals surface area contributed by atoms with Crippen LogP contribution in [-0.2, 0) is 4.79 Å². The molecule has 0 radical (unpaired) electrons. The fourth-order valence-corrected chi connectivity index (χ4v) is 1.03. The van der Waals surface area contributed by atoms with Crippen LogP contribution in [-0.4, -0.2) is 11.1 Å². The Morgan fingerprint density at radius 3 is 2.80 bits per heavy atom. The van der Waals surface area contributed by atoms with E-state index in [2.05, 4.69) is 0 Å². The molecule has 0 unspecified atom stereocenters. The number of hydrogen-bond acceptors (Lipinski definition) is 2. The van der Waals surface area contributed by atoms with Gasteiger partial charge in [-0.2, -0.15) is 5.26 Å². The number of rotatable bonds is 2. The van der Waals surface area contributed by atoms with Gasteiger partial charge in [-0.15, -0.1) is 0 Å². The Hall–Kier alpha value is -2.15. The summed E-state index contributed by atoms with van der Waals surface area (Å²) >= 11 is 0. The van der Waals surface area contributed by atoms with Gasteiger partial charge in [0.1, 0.15) is 11.9 Å². The Kier molecular flexibility index (Phi) is 3.19. The minimum atomic E-state index is -1.04. The molecule has 0 heterocycles. The number of halogens is 1. The van der Waals surface area contributed by atoms with E-state index in [1.54, 1.807) is 6.07 Å².